The number of hydrogen-bond donors (Lipinski definition) is 2. The molecule has 0 unspecified atom stereocenters. The number of esters is 1. The van der Waals surface area contributed by atoms with E-state index in [9.17, 15) is 4.79 Å². The minimum Gasteiger partial charge on any atom is -0.465 e. The number of rotatable bonds is 5. The predicted octanol–water partition coefficient (Wildman–Crippen LogP) is 2.03. The lowest BCUT2D eigenvalue weighted by atomic mass is 9.89. The smallest absolute Gasteiger partial charge is 0.337 e. The Morgan fingerprint density at radius 1 is 1.47 bits per heavy atom. The molecule has 104 valence electrons. The van der Waals surface area contributed by atoms with E-state index < -0.39 is 0 Å². The molecule has 1 aromatic carbocycles. The van der Waals surface area contributed by atoms with Crippen molar-refractivity contribution in [1.29, 1.82) is 0 Å². The summed E-state index contributed by atoms with van der Waals surface area (Å²) in [7, 11) is 1.37. The summed E-state index contributed by atoms with van der Waals surface area (Å²) in [5.74, 6) is -0.358. The molecule has 0 spiro atoms. The van der Waals surface area contributed by atoms with Gasteiger partial charge in [0.25, 0.3) is 0 Å². The Balaban J connectivity index is 1.98. The summed E-state index contributed by atoms with van der Waals surface area (Å²) in [6, 6.07) is 5.46. The number of ether oxygens (including phenoxy) is 2. The molecule has 1 aliphatic rings. The molecule has 0 saturated heterocycles. The summed E-state index contributed by atoms with van der Waals surface area (Å²) in [5, 5.41) is 3.34. The quantitative estimate of drug-likeness (QED) is 0.629. The van der Waals surface area contributed by atoms with E-state index in [1.807, 2.05) is 6.92 Å². The molecule has 0 aliphatic heterocycles. The zero-order valence-corrected chi connectivity index (χ0v) is 11.3. The second-order valence-electron chi connectivity index (χ2n) is 4.68. The maximum Gasteiger partial charge on any atom is 0.337 e. The monoisotopic (exact) mass is 264 g/mol. The maximum atomic E-state index is 11.5. The van der Waals surface area contributed by atoms with E-state index in [0.29, 0.717) is 23.4 Å². The van der Waals surface area contributed by atoms with Crippen molar-refractivity contribution in [3.8, 4) is 0 Å². The first kappa shape index (κ1) is 13.7. The number of nitrogens with two attached hydrogens (primary N) is 1. The SMILES string of the molecule is CCOC1CC(Nc2cc(C(=O)OC)ccc2N)C1. The van der Waals surface area contributed by atoms with Gasteiger partial charge in [-0.2, -0.15) is 0 Å². The van der Waals surface area contributed by atoms with Crippen molar-refractivity contribution in [2.45, 2.75) is 31.9 Å². The molecule has 1 aromatic rings. The van der Waals surface area contributed by atoms with Gasteiger partial charge in [-0.1, -0.05) is 0 Å². The topological polar surface area (TPSA) is 73.6 Å². The second kappa shape index (κ2) is 5.93. The number of nitrogens with one attached hydrogen (secondary N) is 1. The summed E-state index contributed by atoms with van der Waals surface area (Å²) < 4.78 is 10.2. The highest BCUT2D eigenvalue weighted by atomic mass is 16.5. The van der Waals surface area contributed by atoms with Crippen LogP contribution in [0.25, 0.3) is 0 Å². The van der Waals surface area contributed by atoms with Gasteiger partial charge in [-0.05, 0) is 38.0 Å². The van der Waals surface area contributed by atoms with Crippen molar-refractivity contribution >= 4 is 17.3 Å². The molecular formula is C14H20N2O3. The van der Waals surface area contributed by atoms with Crippen LogP contribution in [0.2, 0.25) is 0 Å². The van der Waals surface area contributed by atoms with Crippen LogP contribution >= 0.6 is 0 Å². The summed E-state index contributed by atoms with van der Waals surface area (Å²) in [6.45, 7) is 2.75. The fraction of sp³-hybridized carbons (Fsp3) is 0.500. The molecule has 0 radical (unpaired) electrons. The molecule has 5 nitrogen and oxygen atoms in total. The Morgan fingerprint density at radius 2 is 2.21 bits per heavy atom. The van der Waals surface area contributed by atoms with Gasteiger partial charge in [0.2, 0.25) is 0 Å². The molecule has 0 heterocycles. The van der Waals surface area contributed by atoms with Crippen LogP contribution in [-0.4, -0.2) is 31.8 Å². The summed E-state index contributed by atoms with van der Waals surface area (Å²) in [5.41, 5.74) is 7.82. The summed E-state index contributed by atoms with van der Waals surface area (Å²) >= 11 is 0. The number of anilines is 2. The third-order valence-corrected chi connectivity index (χ3v) is 3.33. The van der Waals surface area contributed by atoms with Crippen LogP contribution in [-0.2, 0) is 9.47 Å². The molecule has 5 heteroatoms. The zero-order valence-electron chi connectivity index (χ0n) is 11.3. The van der Waals surface area contributed by atoms with Gasteiger partial charge >= 0.3 is 5.97 Å². The second-order valence-corrected chi connectivity index (χ2v) is 4.68. The first-order valence-corrected chi connectivity index (χ1v) is 6.50. The van der Waals surface area contributed by atoms with E-state index in [0.717, 1.165) is 25.1 Å². The van der Waals surface area contributed by atoms with Crippen LogP contribution in [0.3, 0.4) is 0 Å². The first-order chi connectivity index (χ1) is 9.13. The molecule has 0 amide bonds. The number of hydrogen-bond acceptors (Lipinski definition) is 5. The van der Waals surface area contributed by atoms with Crippen LogP contribution in [0.15, 0.2) is 18.2 Å². The maximum absolute atomic E-state index is 11.5. The molecule has 0 aromatic heterocycles. The van der Waals surface area contributed by atoms with E-state index in [-0.39, 0.29) is 5.97 Å². The average molecular weight is 264 g/mol. The van der Waals surface area contributed by atoms with E-state index in [2.05, 4.69) is 5.32 Å². The highest BCUT2D eigenvalue weighted by molar-refractivity contribution is 5.92. The highest BCUT2D eigenvalue weighted by Crippen LogP contribution is 2.29. The fourth-order valence-corrected chi connectivity index (χ4v) is 2.20. The molecule has 0 bridgehead atoms. The van der Waals surface area contributed by atoms with Gasteiger partial charge in [-0.15, -0.1) is 0 Å². The highest BCUT2D eigenvalue weighted by Gasteiger charge is 2.29. The summed E-state index contributed by atoms with van der Waals surface area (Å²) in [6.07, 6.45) is 2.28. The molecule has 3 N–H and O–H groups in total. The molecular weight excluding hydrogens is 244 g/mol. The normalized spacial score (nSPS) is 21.6. The van der Waals surface area contributed by atoms with Crippen molar-refractivity contribution in [3.63, 3.8) is 0 Å². The van der Waals surface area contributed by atoms with Gasteiger partial charge in [0.15, 0.2) is 0 Å². The van der Waals surface area contributed by atoms with Gasteiger partial charge in [0.1, 0.15) is 0 Å². The Bertz CT molecular complexity index is 456. The van der Waals surface area contributed by atoms with Crippen LogP contribution in [0.1, 0.15) is 30.1 Å². The first-order valence-electron chi connectivity index (χ1n) is 6.50. The van der Waals surface area contributed by atoms with Gasteiger partial charge < -0.3 is 20.5 Å². The number of carbonyl (C=O) groups excluding carboxylic acids is 1. The van der Waals surface area contributed by atoms with Crippen molar-refractivity contribution < 1.29 is 14.3 Å². The van der Waals surface area contributed by atoms with E-state index in [1.165, 1.54) is 7.11 Å². The van der Waals surface area contributed by atoms with Crippen molar-refractivity contribution in [2.24, 2.45) is 0 Å². The predicted molar refractivity (Wildman–Crippen MR) is 74.3 cm³/mol. The molecule has 1 fully saturated rings. The average Bonchev–Trinajstić information content (AvgIpc) is 2.37. The third kappa shape index (κ3) is 3.17. The van der Waals surface area contributed by atoms with Gasteiger partial charge in [0.05, 0.1) is 30.2 Å². The van der Waals surface area contributed by atoms with Crippen molar-refractivity contribution in [3.05, 3.63) is 23.8 Å². The van der Waals surface area contributed by atoms with Gasteiger partial charge in [0, 0.05) is 12.6 Å². The third-order valence-electron chi connectivity index (χ3n) is 3.33. The lowest BCUT2D eigenvalue weighted by Gasteiger charge is -2.36. The number of nitrogen functional groups attached to an aromatic ring is 1. The minimum atomic E-state index is -0.358. The number of benzene rings is 1. The van der Waals surface area contributed by atoms with Crippen LogP contribution in [0, 0.1) is 0 Å². The fourth-order valence-electron chi connectivity index (χ4n) is 2.20. The number of methoxy groups -OCH3 is 1. The Hall–Kier alpha value is -1.75. The van der Waals surface area contributed by atoms with E-state index in [4.69, 9.17) is 15.2 Å². The lowest BCUT2D eigenvalue weighted by Crippen LogP contribution is -2.41. The summed E-state index contributed by atoms with van der Waals surface area (Å²) in [4.78, 5) is 11.5. The van der Waals surface area contributed by atoms with Crippen LogP contribution < -0.4 is 11.1 Å². The Kier molecular flexibility index (Phi) is 4.27. The standard InChI is InChI=1S/C14H20N2O3/c1-3-19-11-7-10(8-11)16-13-6-9(14(17)18-2)4-5-12(13)15/h4-6,10-11,16H,3,7-8,15H2,1-2H3. The zero-order chi connectivity index (χ0) is 13.8. The van der Waals surface area contributed by atoms with Gasteiger partial charge in [-0.3, -0.25) is 0 Å². The van der Waals surface area contributed by atoms with Crippen molar-refractivity contribution in [2.75, 3.05) is 24.8 Å². The minimum absolute atomic E-state index is 0.340. The van der Waals surface area contributed by atoms with E-state index >= 15 is 0 Å². The van der Waals surface area contributed by atoms with Crippen LogP contribution in [0.5, 0.6) is 0 Å². The lowest BCUT2D eigenvalue weighted by molar-refractivity contribution is 0.00299. The van der Waals surface area contributed by atoms with Crippen molar-refractivity contribution in [1.82, 2.24) is 0 Å². The van der Waals surface area contributed by atoms with E-state index in [1.54, 1.807) is 18.2 Å². The molecule has 2 rings (SSSR count). The molecule has 19 heavy (non-hydrogen) atoms. The molecule has 1 saturated carbocycles. The van der Waals surface area contributed by atoms with Gasteiger partial charge in [-0.25, -0.2) is 4.79 Å². The Labute approximate surface area is 113 Å². The van der Waals surface area contributed by atoms with Crippen LogP contribution in [0.4, 0.5) is 11.4 Å². The molecule has 1 aliphatic carbocycles. The number of carbonyl (C=O) groups is 1. The largest absolute Gasteiger partial charge is 0.465 e. The Morgan fingerprint density at radius 3 is 2.84 bits per heavy atom. The molecule has 0 atom stereocenters.